The fourth-order valence-electron chi connectivity index (χ4n) is 1.03. The Bertz CT molecular complexity index is 250. The van der Waals surface area contributed by atoms with E-state index in [0.29, 0.717) is 6.04 Å². The van der Waals surface area contributed by atoms with Gasteiger partial charge in [0.15, 0.2) is 0 Å². The highest BCUT2D eigenvalue weighted by molar-refractivity contribution is 9.10. The monoisotopic (exact) mass is 279 g/mol. The van der Waals surface area contributed by atoms with Gasteiger partial charge in [0.25, 0.3) is 0 Å². The van der Waals surface area contributed by atoms with Gasteiger partial charge in [-0.1, -0.05) is 0 Å². The van der Waals surface area contributed by atoms with Crippen LogP contribution in [0.3, 0.4) is 0 Å². The van der Waals surface area contributed by atoms with E-state index >= 15 is 0 Å². The molecular formula is C9H14BrNS2. The van der Waals surface area contributed by atoms with Crippen molar-refractivity contribution in [2.75, 3.05) is 12.0 Å². The van der Waals surface area contributed by atoms with E-state index in [0.717, 1.165) is 6.54 Å². The molecule has 4 heteroatoms. The first-order valence-corrected chi connectivity index (χ1v) is 7.24. The van der Waals surface area contributed by atoms with E-state index in [1.807, 2.05) is 11.8 Å². The number of nitrogens with one attached hydrogen (secondary N) is 1. The Morgan fingerprint density at radius 2 is 2.46 bits per heavy atom. The molecule has 1 rings (SSSR count). The van der Waals surface area contributed by atoms with E-state index in [1.54, 1.807) is 11.3 Å². The van der Waals surface area contributed by atoms with Crippen LogP contribution in [0.4, 0.5) is 0 Å². The van der Waals surface area contributed by atoms with Crippen LogP contribution in [0.15, 0.2) is 15.9 Å². The Balaban J connectivity index is 2.26. The summed E-state index contributed by atoms with van der Waals surface area (Å²) in [5.74, 6) is 1.17. The van der Waals surface area contributed by atoms with Crippen molar-refractivity contribution in [2.24, 2.45) is 0 Å². The predicted octanol–water partition coefficient (Wildman–Crippen LogP) is 3.35. The van der Waals surface area contributed by atoms with Gasteiger partial charge in [-0.2, -0.15) is 11.8 Å². The molecule has 0 aliphatic carbocycles. The third kappa shape index (κ3) is 4.49. The molecule has 1 atom stereocenters. The number of thiophene rings is 1. The summed E-state index contributed by atoms with van der Waals surface area (Å²) in [6.45, 7) is 3.21. The molecule has 0 saturated heterocycles. The first kappa shape index (κ1) is 11.6. The van der Waals surface area contributed by atoms with Crippen molar-refractivity contribution in [3.8, 4) is 0 Å². The van der Waals surface area contributed by atoms with Gasteiger partial charge in [-0.05, 0) is 35.2 Å². The fraction of sp³-hybridized carbons (Fsp3) is 0.556. The SMILES string of the molecule is CSCC(C)NCc1cc(Br)cs1. The van der Waals surface area contributed by atoms with E-state index in [4.69, 9.17) is 0 Å². The Hall–Kier alpha value is 0.490. The van der Waals surface area contributed by atoms with Crippen molar-refractivity contribution in [1.29, 1.82) is 0 Å². The minimum Gasteiger partial charge on any atom is -0.309 e. The van der Waals surface area contributed by atoms with Crippen molar-refractivity contribution >= 4 is 39.0 Å². The summed E-state index contributed by atoms with van der Waals surface area (Å²) in [6, 6.07) is 2.76. The van der Waals surface area contributed by atoms with Gasteiger partial charge < -0.3 is 5.32 Å². The summed E-state index contributed by atoms with van der Waals surface area (Å²) in [4.78, 5) is 1.39. The molecule has 1 N–H and O–H groups in total. The minimum absolute atomic E-state index is 0.593. The third-order valence-electron chi connectivity index (χ3n) is 1.66. The lowest BCUT2D eigenvalue weighted by Crippen LogP contribution is -2.27. The molecule has 1 nitrogen and oxygen atoms in total. The van der Waals surface area contributed by atoms with Crippen molar-refractivity contribution in [3.63, 3.8) is 0 Å². The van der Waals surface area contributed by atoms with E-state index in [9.17, 15) is 0 Å². The van der Waals surface area contributed by atoms with E-state index in [2.05, 4.69) is 45.9 Å². The second-order valence-electron chi connectivity index (χ2n) is 2.97. The van der Waals surface area contributed by atoms with Gasteiger partial charge in [-0.25, -0.2) is 0 Å². The van der Waals surface area contributed by atoms with E-state index < -0.39 is 0 Å². The molecule has 0 spiro atoms. The average Bonchev–Trinajstić information content (AvgIpc) is 2.49. The highest BCUT2D eigenvalue weighted by atomic mass is 79.9. The smallest absolute Gasteiger partial charge is 0.0302 e. The molecule has 1 heterocycles. The number of hydrogen-bond acceptors (Lipinski definition) is 3. The van der Waals surface area contributed by atoms with Crippen LogP contribution in [0.5, 0.6) is 0 Å². The lowest BCUT2D eigenvalue weighted by Gasteiger charge is -2.10. The van der Waals surface area contributed by atoms with Crippen LogP contribution >= 0.6 is 39.0 Å². The summed E-state index contributed by atoms with van der Waals surface area (Å²) in [7, 11) is 0. The Morgan fingerprint density at radius 1 is 1.69 bits per heavy atom. The Morgan fingerprint density at radius 3 is 3.00 bits per heavy atom. The van der Waals surface area contributed by atoms with Gasteiger partial charge in [0.05, 0.1) is 0 Å². The largest absolute Gasteiger partial charge is 0.309 e. The lowest BCUT2D eigenvalue weighted by molar-refractivity contribution is 0.600. The molecule has 0 radical (unpaired) electrons. The molecule has 13 heavy (non-hydrogen) atoms. The van der Waals surface area contributed by atoms with Crippen molar-refractivity contribution in [1.82, 2.24) is 5.32 Å². The average molecular weight is 280 g/mol. The molecule has 1 aromatic heterocycles. The third-order valence-corrected chi connectivity index (χ3v) is 4.19. The molecule has 0 amide bonds. The standard InChI is InChI=1S/C9H14BrNS2/c1-7(5-12-2)11-4-9-3-8(10)6-13-9/h3,6-7,11H,4-5H2,1-2H3. The molecular weight excluding hydrogens is 266 g/mol. The van der Waals surface area contributed by atoms with Crippen molar-refractivity contribution in [2.45, 2.75) is 19.5 Å². The van der Waals surface area contributed by atoms with Gasteiger partial charge in [0, 0.05) is 33.1 Å². The molecule has 0 aromatic carbocycles. The summed E-state index contributed by atoms with van der Waals surface area (Å²) in [5, 5.41) is 5.60. The topological polar surface area (TPSA) is 12.0 Å². The number of rotatable bonds is 5. The van der Waals surface area contributed by atoms with Crippen LogP contribution in [-0.2, 0) is 6.54 Å². The maximum Gasteiger partial charge on any atom is 0.0302 e. The zero-order chi connectivity index (χ0) is 9.68. The molecule has 1 aromatic rings. The van der Waals surface area contributed by atoms with Gasteiger partial charge in [-0.3, -0.25) is 0 Å². The number of thioether (sulfide) groups is 1. The summed E-state index contributed by atoms with van der Waals surface area (Å²) >= 11 is 7.12. The molecule has 0 bridgehead atoms. The first-order chi connectivity index (χ1) is 6.22. The zero-order valence-corrected chi connectivity index (χ0v) is 11.1. The van der Waals surface area contributed by atoms with Crippen LogP contribution in [0.25, 0.3) is 0 Å². The Kier molecular flexibility index (Phi) is 5.39. The van der Waals surface area contributed by atoms with Crippen LogP contribution in [-0.4, -0.2) is 18.1 Å². The van der Waals surface area contributed by atoms with Crippen LogP contribution in [0.1, 0.15) is 11.8 Å². The normalized spacial score (nSPS) is 13.2. The van der Waals surface area contributed by atoms with Crippen molar-refractivity contribution in [3.05, 3.63) is 20.8 Å². The van der Waals surface area contributed by atoms with Crippen LogP contribution < -0.4 is 5.32 Å². The van der Waals surface area contributed by atoms with Gasteiger partial charge >= 0.3 is 0 Å². The molecule has 0 aliphatic heterocycles. The van der Waals surface area contributed by atoms with Crippen LogP contribution in [0, 0.1) is 0 Å². The van der Waals surface area contributed by atoms with Crippen molar-refractivity contribution < 1.29 is 0 Å². The maximum absolute atomic E-state index is 3.48. The maximum atomic E-state index is 3.48. The highest BCUT2D eigenvalue weighted by Crippen LogP contribution is 2.19. The molecule has 0 aliphatic rings. The quantitative estimate of drug-likeness (QED) is 0.887. The predicted molar refractivity (Wildman–Crippen MR) is 66.7 cm³/mol. The Labute approximate surface area is 96.4 Å². The number of halogens is 1. The fourth-order valence-corrected chi connectivity index (χ4v) is 3.05. The lowest BCUT2D eigenvalue weighted by atomic mass is 10.3. The highest BCUT2D eigenvalue weighted by Gasteiger charge is 2.01. The molecule has 1 unspecified atom stereocenters. The molecule has 74 valence electrons. The second kappa shape index (κ2) is 6.06. The zero-order valence-electron chi connectivity index (χ0n) is 7.84. The molecule has 0 saturated carbocycles. The van der Waals surface area contributed by atoms with E-state index in [1.165, 1.54) is 15.1 Å². The van der Waals surface area contributed by atoms with Gasteiger partial charge in [-0.15, -0.1) is 11.3 Å². The van der Waals surface area contributed by atoms with Crippen LogP contribution in [0.2, 0.25) is 0 Å². The minimum atomic E-state index is 0.593. The van der Waals surface area contributed by atoms with Gasteiger partial charge in [0.2, 0.25) is 0 Å². The second-order valence-corrected chi connectivity index (χ2v) is 5.79. The summed E-state index contributed by atoms with van der Waals surface area (Å²) < 4.78 is 1.19. The molecule has 0 fully saturated rings. The van der Waals surface area contributed by atoms with Gasteiger partial charge in [0.1, 0.15) is 0 Å². The summed E-state index contributed by atoms with van der Waals surface area (Å²) in [5.41, 5.74) is 0. The summed E-state index contributed by atoms with van der Waals surface area (Å²) in [6.07, 6.45) is 2.14. The number of hydrogen-bond donors (Lipinski definition) is 1. The first-order valence-electron chi connectivity index (χ1n) is 4.17. The van der Waals surface area contributed by atoms with E-state index in [-0.39, 0.29) is 0 Å².